The molecule has 2 aliphatic rings. The molecular weight excluding hydrogens is 497 g/mol. The number of anilines is 1. The Morgan fingerprint density at radius 1 is 1.03 bits per heavy atom. The lowest BCUT2D eigenvalue weighted by atomic mass is 9.98. The first-order chi connectivity index (χ1) is 18.3. The van der Waals surface area contributed by atoms with Crippen LogP contribution < -0.4 is 5.32 Å². The maximum absolute atomic E-state index is 13.2. The maximum atomic E-state index is 13.2. The van der Waals surface area contributed by atoms with Crippen LogP contribution in [0.4, 0.5) is 19.0 Å². The number of alkyl halides is 3. The largest absolute Gasteiger partial charge is 0.417 e. The van der Waals surface area contributed by atoms with E-state index in [1.165, 1.54) is 0 Å². The van der Waals surface area contributed by atoms with E-state index in [-0.39, 0.29) is 23.7 Å². The van der Waals surface area contributed by atoms with E-state index in [9.17, 15) is 22.8 Å². The van der Waals surface area contributed by atoms with E-state index < -0.39 is 17.6 Å². The van der Waals surface area contributed by atoms with Crippen molar-refractivity contribution in [3.8, 4) is 0 Å². The number of carbonyl (C=O) groups excluding carboxylic acids is 2. The Balaban J connectivity index is 1.27. The molecule has 0 saturated carbocycles. The van der Waals surface area contributed by atoms with Crippen molar-refractivity contribution in [3.63, 3.8) is 0 Å². The second-order valence-electron chi connectivity index (χ2n) is 9.98. The molecule has 2 aromatic heterocycles. The SMILES string of the molecule is O=C(Nc1cc(C2CCCCN2C(=O)c2cc(C(F)(F)F)c[nH]2)[nH]n1)[C@H]1CCCCN1Cc1ccccc1. The molecule has 5 rings (SSSR count). The van der Waals surface area contributed by atoms with Gasteiger partial charge in [0.2, 0.25) is 5.91 Å². The third kappa shape index (κ3) is 5.77. The highest BCUT2D eigenvalue weighted by Gasteiger charge is 2.35. The number of benzene rings is 1. The van der Waals surface area contributed by atoms with E-state index >= 15 is 0 Å². The number of aromatic nitrogens is 3. The number of aromatic amines is 2. The van der Waals surface area contributed by atoms with Gasteiger partial charge in [0.25, 0.3) is 5.91 Å². The van der Waals surface area contributed by atoms with Gasteiger partial charge >= 0.3 is 6.18 Å². The van der Waals surface area contributed by atoms with Crippen LogP contribution in [0.5, 0.6) is 0 Å². The van der Waals surface area contributed by atoms with Gasteiger partial charge in [-0.2, -0.15) is 18.3 Å². The van der Waals surface area contributed by atoms with Crippen LogP contribution in [0, 0.1) is 0 Å². The number of likely N-dealkylation sites (tertiary alicyclic amines) is 2. The van der Waals surface area contributed by atoms with Crippen molar-refractivity contribution in [2.24, 2.45) is 0 Å². The number of nitrogens with one attached hydrogen (secondary N) is 3. The molecule has 0 aliphatic carbocycles. The maximum Gasteiger partial charge on any atom is 0.417 e. The van der Waals surface area contributed by atoms with Crippen LogP contribution in [0.25, 0.3) is 0 Å². The summed E-state index contributed by atoms with van der Waals surface area (Å²) in [5.41, 5.74) is 0.805. The zero-order chi connectivity index (χ0) is 26.7. The predicted molar refractivity (Wildman–Crippen MR) is 135 cm³/mol. The fourth-order valence-electron chi connectivity index (χ4n) is 5.41. The second-order valence-corrected chi connectivity index (χ2v) is 9.98. The number of hydrogen-bond donors (Lipinski definition) is 3. The molecule has 0 bridgehead atoms. The minimum Gasteiger partial charge on any atom is -0.357 e. The average molecular weight is 529 g/mol. The number of H-pyrrole nitrogens is 2. The normalized spacial score (nSPS) is 20.9. The fraction of sp³-hybridized carbons (Fsp3) is 0.444. The number of rotatable bonds is 6. The Labute approximate surface area is 218 Å². The molecule has 1 aromatic carbocycles. The molecule has 2 aliphatic heterocycles. The first-order valence-electron chi connectivity index (χ1n) is 13.0. The molecule has 3 aromatic rings. The highest BCUT2D eigenvalue weighted by Crippen LogP contribution is 2.34. The summed E-state index contributed by atoms with van der Waals surface area (Å²) < 4.78 is 39.1. The molecular formula is C27H31F3N6O2. The fourth-order valence-corrected chi connectivity index (χ4v) is 5.41. The Morgan fingerprint density at radius 2 is 1.79 bits per heavy atom. The molecule has 1 unspecified atom stereocenters. The third-order valence-electron chi connectivity index (χ3n) is 7.36. The van der Waals surface area contributed by atoms with Crippen LogP contribution in [0.3, 0.4) is 0 Å². The molecule has 8 nitrogen and oxygen atoms in total. The Bertz CT molecular complexity index is 1250. The quantitative estimate of drug-likeness (QED) is 0.414. The van der Waals surface area contributed by atoms with Gasteiger partial charge in [0.05, 0.1) is 23.3 Å². The molecule has 0 radical (unpaired) electrons. The van der Waals surface area contributed by atoms with Crippen molar-refractivity contribution >= 4 is 17.6 Å². The molecule has 11 heteroatoms. The van der Waals surface area contributed by atoms with Gasteiger partial charge in [0.1, 0.15) is 5.69 Å². The summed E-state index contributed by atoms with van der Waals surface area (Å²) in [6.45, 7) is 1.95. The standard InChI is InChI=1S/C27H31F3N6O2/c28-27(29,30)19-14-21(31-16-19)26(38)36-13-7-5-10-22(36)20-15-24(34-33-20)32-25(37)23-11-4-6-12-35(23)17-18-8-2-1-3-9-18/h1-3,8-9,14-16,22-23,31H,4-7,10-13,17H2,(H2,32,33,34,37)/t22?,23-/m1/s1. The zero-order valence-corrected chi connectivity index (χ0v) is 20.9. The first kappa shape index (κ1) is 26.0. The number of amides is 2. The van der Waals surface area contributed by atoms with Gasteiger partial charge in [-0.05, 0) is 50.3 Å². The molecule has 2 fully saturated rings. The lowest BCUT2D eigenvalue weighted by molar-refractivity contribution is -0.137. The van der Waals surface area contributed by atoms with E-state index in [1.807, 2.05) is 18.2 Å². The smallest absolute Gasteiger partial charge is 0.357 e. The molecule has 2 saturated heterocycles. The highest BCUT2D eigenvalue weighted by molar-refractivity contribution is 5.94. The van der Waals surface area contributed by atoms with Crippen LogP contribution >= 0.6 is 0 Å². The van der Waals surface area contributed by atoms with E-state index in [0.717, 1.165) is 56.5 Å². The van der Waals surface area contributed by atoms with Gasteiger partial charge in [-0.3, -0.25) is 19.6 Å². The number of carbonyl (C=O) groups is 2. The number of nitrogens with zero attached hydrogens (tertiary/aromatic N) is 3. The van der Waals surface area contributed by atoms with Crippen molar-refractivity contribution < 1.29 is 22.8 Å². The molecule has 3 N–H and O–H groups in total. The van der Waals surface area contributed by atoms with E-state index in [4.69, 9.17) is 0 Å². The van der Waals surface area contributed by atoms with E-state index in [2.05, 4.69) is 37.5 Å². The van der Waals surface area contributed by atoms with Crippen LogP contribution in [-0.2, 0) is 17.5 Å². The minimum atomic E-state index is -4.53. The van der Waals surface area contributed by atoms with Crippen molar-refractivity contribution in [3.05, 3.63) is 71.2 Å². The van der Waals surface area contributed by atoms with Crippen LogP contribution in [-0.4, -0.2) is 55.9 Å². The van der Waals surface area contributed by atoms with Gasteiger partial charge in [-0.15, -0.1) is 0 Å². The third-order valence-corrected chi connectivity index (χ3v) is 7.36. The second kappa shape index (κ2) is 11.0. The van der Waals surface area contributed by atoms with Gasteiger partial charge in [0.15, 0.2) is 5.82 Å². The predicted octanol–water partition coefficient (Wildman–Crippen LogP) is 5.12. The molecule has 4 heterocycles. The number of piperidine rings is 2. The lowest BCUT2D eigenvalue weighted by Crippen LogP contribution is -2.46. The van der Waals surface area contributed by atoms with Crippen LogP contribution in [0.2, 0.25) is 0 Å². The average Bonchev–Trinajstić information content (AvgIpc) is 3.60. The summed E-state index contributed by atoms with van der Waals surface area (Å²) in [4.78, 5) is 32.6. The van der Waals surface area contributed by atoms with Crippen LogP contribution in [0.15, 0.2) is 48.7 Å². The van der Waals surface area contributed by atoms with Crippen molar-refractivity contribution in [1.29, 1.82) is 0 Å². The summed E-state index contributed by atoms with van der Waals surface area (Å²) in [5, 5.41) is 10.1. The summed E-state index contributed by atoms with van der Waals surface area (Å²) >= 11 is 0. The Hall–Kier alpha value is -3.60. The lowest BCUT2D eigenvalue weighted by Gasteiger charge is -2.35. The summed E-state index contributed by atoms with van der Waals surface area (Å²) in [6, 6.07) is 12.0. The highest BCUT2D eigenvalue weighted by atomic mass is 19.4. The molecule has 202 valence electrons. The Morgan fingerprint density at radius 3 is 2.55 bits per heavy atom. The van der Waals surface area contributed by atoms with Crippen molar-refractivity contribution in [2.45, 2.75) is 63.3 Å². The first-order valence-corrected chi connectivity index (χ1v) is 13.0. The zero-order valence-electron chi connectivity index (χ0n) is 20.9. The van der Waals surface area contributed by atoms with Gasteiger partial charge in [-0.1, -0.05) is 36.8 Å². The Kier molecular flexibility index (Phi) is 7.55. The summed E-state index contributed by atoms with van der Waals surface area (Å²) in [7, 11) is 0. The van der Waals surface area contributed by atoms with Gasteiger partial charge in [-0.25, -0.2) is 0 Å². The van der Waals surface area contributed by atoms with E-state index in [1.54, 1.807) is 11.0 Å². The van der Waals surface area contributed by atoms with Crippen molar-refractivity contribution in [1.82, 2.24) is 25.0 Å². The molecule has 0 spiro atoms. The summed E-state index contributed by atoms with van der Waals surface area (Å²) in [6.07, 6.45) is 1.32. The van der Waals surface area contributed by atoms with Crippen LogP contribution in [0.1, 0.15) is 71.9 Å². The number of hydrogen-bond acceptors (Lipinski definition) is 4. The summed E-state index contributed by atoms with van der Waals surface area (Å²) in [5.74, 6) is -0.252. The van der Waals surface area contributed by atoms with Gasteiger partial charge in [0, 0.05) is 25.4 Å². The van der Waals surface area contributed by atoms with E-state index in [0.29, 0.717) is 31.0 Å². The number of halogens is 3. The molecule has 2 atom stereocenters. The monoisotopic (exact) mass is 528 g/mol. The minimum absolute atomic E-state index is 0.104. The van der Waals surface area contributed by atoms with Crippen molar-refractivity contribution in [2.75, 3.05) is 18.4 Å². The molecule has 2 amide bonds. The molecule has 38 heavy (non-hydrogen) atoms. The van der Waals surface area contributed by atoms with Gasteiger partial charge < -0.3 is 15.2 Å². The topological polar surface area (TPSA) is 97.1 Å².